The number of urea groups is 1. The highest BCUT2D eigenvalue weighted by Crippen LogP contribution is 2.33. The van der Waals surface area contributed by atoms with Gasteiger partial charge in [-0.25, -0.2) is 4.79 Å². The van der Waals surface area contributed by atoms with E-state index in [4.69, 9.17) is 9.47 Å². The molecule has 10 heteroatoms. The number of nitrogens with zero attached hydrogens (tertiary/aromatic N) is 4. The van der Waals surface area contributed by atoms with E-state index >= 15 is 0 Å². The Bertz CT molecular complexity index is 833. The molecule has 2 aromatic rings. The van der Waals surface area contributed by atoms with Crippen molar-refractivity contribution < 1.29 is 14.3 Å². The number of carbonyl (C=O) groups is 1. The van der Waals surface area contributed by atoms with Gasteiger partial charge in [-0.1, -0.05) is 0 Å². The van der Waals surface area contributed by atoms with Crippen molar-refractivity contribution in [1.29, 1.82) is 0 Å². The number of benzene rings is 1. The van der Waals surface area contributed by atoms with Crippen LogP contribution in [0.5, 0.6) is 6.01 Å². The average molecular weight is 419 g/mol. The number of methoxy groups -OCH3 is 1. The smallest absolute Gasteiger partial charge is 0.329 e. The highest BCUT2D eigenvalue weighted by Gasteiger charge is 2.19. The number of amides is 2. The van der Waals surface area contributed by atoms with Gasteiger partial charge < -0.3 is 24.6 Å². The molecule has 2 amide bonds. The Labute approximate surface area is 174 Å². The van der Waals surface area contributed by atoms with Crippen LogP contribution in [0.2, 0.25) is 0 Å². The van der Waals surface area contributed by atoms with Gasteiger partial charge in [0.05, 0.1) is 31.7 Å². The topological polar surface area (TPSA) is 91.8 Å². The fourth-order valence-electron chi connectivity index (χ4n) is 3.63. The highest BCUT2D eigenvalue weighted by atomic mass is 32.1. The monoisotopic (exact) mass is 418 g/mol. The maximum Gasteiger partial charge on any atom is 0.329 e. The number of hydrogen-bond acceptors (Lipinski definition) is 8. The molecule has 1 aromatic heterocycles. The van der Waals surface area contributed by atoms with Gasteiger partial charge in [-0.3, -0.25) is 5.32 Å². The number of morpholine rings is 1. The van der Waals surface area contributed by atoms with Crippen LogP contribution in [-0.4, -0.2) is 61.9 Å². The summed E-state index contributed by atoms with van der Waals surface area (Å²) in [4.78, 5) is 21.3. The van der Waals surface area contributed by atoms with Crippen LogP contribution in [0.4, 0.5) is 27.0 Å². The minimum absolute atomic E-state index is 0.245. The van der Waals surface area contributed by atoms with E-state index in [-0.39, 0.29) is 12.0 Å². The van der Waals surface area contributed by atoms with E-state index in [0.717, 1.165) is 80.8 Å². The zero-order chi connectivity index (χ0) is 20.1. The van der Waals surface area contributed by atoms with Crippen molar-refractivity contribution >= 4 is 39.8 Å². The fraction of sp³-hybridized carbons (Fsp3) is 0.526. The molecule has 9 nitrogen and oxygen atoms in total. The van der Waals surface area contributed by atoms with Crippen molar-refractivity contribution in [3.63, 3.8) is 0 Å². The van der Waals surface area contributed by atoms with Crippen molar-refractivity contribution in [1.82, 2.24) is 9.36 Å². The summed E-state index contributed by atoms with van der Waals surface area (Å²) in [6.45, 7) is 5.24. The number of aromatic nitrogens is 2. The van der Waals surface area contributed by atoms with E-state index in [2.05, 4.69) is 41.9 Å². The van der Waals surface area contributed by atoms with Crippen molar-refractivity contribution in [2.75, 3.05) is 66.9 Å². The Hall–Kier alpha value is -2.59. The summed E-state index contributed by atoms with van der Waals surface area (Å²) in [6, 6.07) is 6.12. The van der Waals surface area contributed by atoms with E-state index in [1.54, 1.807) is 0 Å². The third-order valence-corrected chi connectivity index (χ3v) is 5.73. The molecule has 2 fully saturated rings. The lowest BCUT2D eigenvalue weighted by Crippen LogP contribution is -2.36. The number of piperidine rings is 1. The van der Waals surface area contributed by atoms with E-state index in [1.165, 1.54) is 13.5 Å². The summed E-state index contributed by atoms with van der Waals surface area (Å²) in [7, 11) is 1.49. The van der Waals surface area contributed by atoms with Crippen LogP contribution in [0.25, 0.3) is 0 Å². The Balaban J connectivity index is 1.52. The minimum Gasteiger partial charge on any atom is -0.466 e. The van der Waals surface area contributed by atoms with Gasteiger partial charge in [0.2, 0.25) is 5.13 Å². The number of nitrogens with one attached hydrogen (secondary N) is 2. The van der Waals surface area contributed by atoms with Crippen LogP contribution in [0, 0.1) is 0 Å². The molecule has 29 heavy (non-hydrogen) atoms. The molecule has 2 aliphatic heterocycles. The summed E-state index contributed by atoms with van der Waals surface area (Å²) in [5.74, 6) is 0. The van der Waals surface area contributed by atoms with Crippen molar-refractivity contribution in [3.05, 3.63) is 18.2 Å². The third kappa shape index (κ3) is 4.88. The van der Waals surface area contributed by atoms with E-state index in [0.29, 0.717) is 5.13 Å². The average Bonchev–Trinajstić information content (AvgIpc) is 3.22. The molecular weight excluding hydrogens is 392 g/mol. The lowest BCUT2D eigenvalue weighted by molar-refractivity contribution is 0.122. The second kappa shape index (κ2) is 9.27. The molecule has 3 heterocycles. The maximum atomic E-state index is 12.5. The lowest BCUT2D eigenvalue weighted by Gasteiger charge is -2.33. The Morgan fingerprint density at radius 3 is 2.62 bits per heavy atom. The lowest BCUT2D eigenvalue weighted by atomic mass is 10.1. The number of hydrogen-bond donors (Lipinski definition) is 2. The Morgan fingerprint density at radius 2 is 1.90 bits per heavy atom. The molecule has 2 saturated heterocycles. The van der Waals surface area contributed by atoms with Gasteiger partial charge in [0.1, 0.15) is 0 Å². The Kier molecular flexibility index (Phi) is 6.30. The molecule has 156 valence electrons. The molecular formula is C19H26N6O3S. The standard InChI is InChI=1S/C19H26N6O3S/c1-27-18-22-19(29-23-18)21-17(26)20-15-6-5-14(24-9-11-28-12-10-24)13-16(15)25-7-3-2-4-8-25/h5-6,13H,2-4,7-12H2,1H3,(H2,20,21,22,23,26). The molecule has 2 N–H and O–H groups in total. The zero-order valence-electron chi connectivity index (χ0n) is 16.5. The first-order valence-electron chi connectivity index (χ1n) is 9.90. The molecule has 0 saturated carbocycles. The van der Waals surface area contributed by atoms with E-state index < -0.39 is 0 Å². The summed E-state index contributed by atoms with van der Waals surface area (Å²) in [5.41, 5.74) is 3.00. The molecule has 0 bridgehead atoms. The zero-order valence-corrected chi connectivity index (χ0v) is 17.3. The second-order valence-corrected chi connectivity index (χ2v) is 7.77. The van der Waals surface area contributed by atoms with Crippen LogP contribution in [0.15, 0.2) is 18.2 Å². The predicted octanol–water partition coefficient (Wildman–Crippen LogP) is 3.02. The molecule has 0 atom stereocenters. The van der Waals surface area contributed by atoms with Crippen molar-refractivity contribution in [3.8, 4) is 6.01 Å². The van der Waals surface area contributed by atoms with Gasteiger partial charge in [0, 0.05) is 43.4 Å². The first-order valence-corrected chi connectivity index (χ1v) is 10.7. The first kappa shape index (κ1) is 19.7. The highest BCUT2D eigenvalue weighted by molar-refractivity contribution is 7.10. The van der Waals surface area contributed by atoms with Gasteiger partial charge >= 0.3 is 12.0 Å². The van der Waals surface area contributed by atoms with Gasteiger partial charge in [-0.15, -0.1) is 4.37 Å². The SMILES string of the molecule is COc1nsc(NC(=O)Nc2ccc(N3CCOCC3)cc2N2CCCCC2)n1. The molecule has 4 rings (SSSR count). The quantitative estimate of drug-likeness (QED) is 0.771. The van der Waals surface area contributed by atoms with Gasteiger partial charge in [0.25, 0.3) is 0 Å². The normalized spacial score (nSPS) is 17.1. The van der Waals surface area contributed by atoms with Gasteiger partial charge in [0.15, 0.2) is 0 Å². The van der Waals surface area contributed by atoms with Crippen LogP contribution in [-0.2, 0) is 4.74 Å². The number of rotatable bonds is 5. The molecule has 0 radical (unpaired) electrons. The minimum atomic E-state index is -0.346. The van der Waals surface area contributed by atoms with Gasteiger partial charge in [-0.05, 0) is 37.5 Å². The summed E-state index contributed by atoms with van der Waals surface area (Å²) in [5, 5.41) is 6.09. The fourth-order valence-corrected chi connectivity index (χ4v) is 4.17. The van der Waals surface area contributed by atoms with Crippen molar-refractivity contribution in [2.45, 2.75) is 19.3 Å². The summed E-state index contributed by atoms with van der Waals surface area (Å²) >= 11 is 1.08. The third-order valence-electron chi connectivity index (χ3n) is 5.11. The predicted molar refractivity (Wildman–Crippen MR) is 115 cm³/mol. The molecule has 0 unspecified atom stereocenters. The van der Waals surface area contributed by atoms with Crippen LogP contribution < -0.4 is 25.2 Å². The molecule has 0 aliphatic carbocycles. The number of ether oxygens (including phenoxy) is 2. The summed E-state index contributed by atoms with van der Waals surface area (Å²) < 4.78 is 14.4. The van der Waals surface area contributed by atoms with Crippen LogP contribution in [0.1, 0.15) is 19.3 Å². The van der Waals surface area contributed by atoms with E-state index in [1.807, 2.05) is 6.07 Å². The van der Waals surface area contributed by atoms with Crippen molar-refractivity contribution in [2.24, 2.45) is 0 Å². The van der Waals surface area contributed by atoms with Crippen LogP contribution >= 0.6 is 11.5 Å². The largest absolute Gasteiger partial charge is 0.466 e. The summed E-state index contributed by atoms with van der Waals surface area (Å²) in [6.07, 6.45) is 3.58. The molecule has 1 aromatic carbocycles. The Morgan fingerprint density at radius 1 is 1.10 bits per heavy atom. The van der Waals surface area contributed by atoms with Gasteiger partial charge in [-0.2, -0.15) is 4.98 Å². The van der Waals surface area contributed by atoms with Crippen LogP contribution in [0.3, 0.4) is 0 Å². The first-order chi connectivity index (χ1) is 14.2. The molecule has 2 aliphatic rings. The van der Waals surface area contributed by atoms with E-state index in [9.17, 15) is 4.79 Å². The number of carbonyl (C=O) groups excluding carboxylic acids is 1. The second-order valence-electron chi connectivity index (χ2n) is 7.01. The molecule has 0 spiro atoms. The maximum absolute atomic E-state index is 12.5. The number of anilines is 4.